The Morgan fingerprint density at radius 1 is 1.26 bits per heavy atom. The molecule has 2 aromatic carbocycles. The van der Waals surface area contributed by atoms with E-state index in [9.17, 15) is 9.59 Å². The van der Waals surface area contributed by atoms with Crippen LogP contribution in [0.2, 0.25) is 0 Å². The minimum Gasteiger partial charge on any atom is -0.493 e. The van der Waals surface area contributed by atoms with Crippen LogP contribution in [-0.2, 0) is 16.2 Å². The van der Waals surface area contributed by atoms with Crippen LogP contribution in [0.5, 0.6) is 11.5 Å². The van der Waals surface area contributed by atoms with E-state index in [4.69, 9.17) is 21.7 Å². The van der Waals surface area contributed by atoms with Gasteiger partial charge in [0.05, 0.1) is 11.6 Å². The molecule has 0 saturated carbocycles. The normalized spacial score (nSPS) is 15.1. The maximum Gasteiger partial charge on any atom is 0.265 e. The van der Waals surface area contributed by atoms with Crippen LogP contribution in [0.25, 0.3) is 6.08 Å². The molecule has 31 heavy (non-hydrogen) atoms. The molecule has 0 aliphatic carbocycles. The third-order valence-corrected chi connectivity index (χ3v) is 5.99. The third kappa shape index (κ3) is 5.52. The van der Waals surface area contributed by atoms with Crippen LogP contribution in [0.15, 0.2) is 59.1 Å². The van der Waals surface area contributed by atoms with Gasteiger partial charge in [0.2, 0.25) is 0 Å². The highest BCUT2D eigenvalue weighted by molar-refractivity contribution is 14.1. The van der Waals surface area contributed by atoms with Gasteiger partial charge in [0.15, 0.2) is 16.6 Å². The molecule has 0 radical (unpaired) electrons. The molecule has 0 bridgehead atoms. The lowest BCUT2D eigenvalue weighted by atomic mass is 10.1. The van der Waals surface area contributed by atoms with Gasteiger partial charge in [-0.3, -0.25) is 19.8 Å². The van der Waals surface area contributed by atoms with E-state index >= 15 is 0 Å². The maximum absolute atomic E-state index is 12.7. The number of carbonyl (C=O) groups is 2. The van der Waals surface area contributed by atoms with Gasteiger partial charge in [0.1, 0.15) is 12.2 Å². The monoisotopic (exact) mass is 612 g/mol. The molecule has 1 aliphatic rings. The predicted molar refractivity (Wildman–Crippen MR) is 135 cm³/mol. The number of ether oxygens (including phenoxy) is 2. The summed E-state index contributed by atoms with van der Waals surface area (Å²) in [6.07, 6.45) is 3.03. The number of rotatable bonds is 7. The van der Waals surface area contributed by atoms with Crippen molar-refractivity contribution < 1.29 is 19.1 Å². The first-order valence-electron chi connectivity index (χ1n) is 9.08. The number of hydrogen-bond acceptors (Lipinski definition) is 5. The Bertz CT molecular complexity index is 1090. The molecule has 0 spiro atoms. The van der Waals surface area contributed by atoms with E-state index in [1.807, 2.05) is 24.3 Å². The Kier molecular flexibility index (Phi) is 7.84. The summed E-state index contributed by atoms with van der Waals surface area (Å²) in [6.45, 7) is 4.18. The molecule has 6 nitrogen and oxygen atoms in total. The van der Waals surface area contributed by atoms with Crippen LogP contribution in [0, 0.1) is 3.57 Å². The molecule has 0 unspecified atom stereocenters. The molecule has 0 aromatic heterocycles. The quantitative estimate of drug-likeness (QED) is 0.165. The third-order valence-electron chi connectivity index (χ3n) is 4.36. The van der Waals surface area contributed by atoms with Gasteiger partial charge in [0, 0.05) is 10.1 Å². The molecular formula is C22H18BrIN2O4S. The molecule has 0 atom stereocenters. The standard InChI is InChI=1S/C22H18BrIN2O4S/c1-3-8-26-21(28)16(20(27)25-22(26)31)9-14-10-17(23)19(18(11-14)29-2)30-12-13-4-6-15(24)7-5-13/h3-7,9-11H,1,8,12H2,2H3,(H,25,27,31)/b16-9+. The van der Waals surface area contributed by atoms with Crippen molar-refractivity contribution in [3.8, 4) is 11.5 Å². The van der Waals surface area contributed by atoms with Crippen molar-refractivity contribution in [3.63, 3.8) is 0 Å². The first kappa shape index (κ1) is 23.4. The summed E-state index contributed by atoms with van der Waals surface area (Å²) in [5, 5.41) is 2.59. The maximum atomic E-state index is 12.7. The molecule has 2 aromatic rings. The summed E-state index contributed by atoms with van der Waals surface area (Å²) in [5.41, 5.74) is 1.58. The zero-order valence-electron chi connectivity index (χ0n) is 16.5. The lowest BCUT2D eigenvalue weighted by molar-refractivity contribution is -0.128. The number of methoxy groups -OCH3 is 1. The Labute approximate surface area is 207 Å². The van der Waals surface area contributed by atoms with Crippen molar-refractivity contribution in [1.82, 2.24) is 10.2 Å². The van der Waals surface area contributed by atoms with Crippen molar-refractivity contribution in [2.45, 2.75) is 6.61 Å². The highest BCUT2D eigenvalue weighted by Crippen LogP contribution is 2.38. The fraction of sp³-hybridized carbons (Fsp3) is 0.136. The summed E-state index contributed by atoms with van der Waals surface area (Å²) in [4.78, 5) is 26.4. The van der Waals surface area contributed by atoms with Crippen molar-refractivity contribution in [2.75, 3.05) is 13.7 Å². The fourth-order valence-corrected chi connectivity index (χ4v) is 4.04. The second-order valence-electron chi connectivity index (χ2n) is 6.47. The van der Waals surface area contributed by atoms with E-state index in [0.717, 1.165) is 9.13 Å². The van der Waals surface area contributed by atoms with Gasteiger partial charge in [-0.2, -0.15) is 0 Å². The SMILES string of the molecule is C=CCN1C(=O)/C(=C/c2cc(Br)c(OCc3ccc(I)cc3)c(OC)c2)C(=O)NC1=S. The zero-order valence-corrected chi connectivity index (χ0v) is 21.0. The summed E-state index contributed by atoms with van der Waals surface area (Å²) in [5.74, 6) is -0.0434. The van der Waals surface area contributed by atoms with Crippen LogP contribution in [-0.4, -0.2) is 35.5 Å². The van der Waals surface area contributed by atoms with E-state index < -0.39 is 11.8 Å². The summed E-state index contributed by atoms with van der Waals surface area (Å²) in [6, 6.07) is 11.5. The van der Waals surface area contributed by atoms with Crippen molar-refractivity contribution in [2.24, 2.45) is 0 Å². The van der Waals surface area contributed by atoms with Gasteiger partial charge < -0.3 is 9.47 Å². The lowest BCUT2D eigenvalue weighted by Crippen LogP contribution is -2.53. The smallest absolute Gasteiger partial charge is 0.265 e. The molecule has 1 N–H and O–H groups in total. The average molecular weight is 613 g/mol. The molecule has 9 heteroatoms. The predicted octanol–water partition coefficient (Wildman–Crippen LogP) is 4.45. The molecular weight excluding hydrogens is 595 g/mol. The number of carbonyl (C=O) groups excluding carboxylic acids is 2. The zero-order chi connectivity index (χ0) is 22.5. The Morgan fingerprint density at radius 3 is 2.61 bits per heavy atom. The Hall–Kier alpha value is -2.24. The van der Waals surface area contributed by atoms with Gasteiger partial charge in [-0.15, -0.1) is 6.58 Å². The minimum atomic E-state index is -0.551. The van der Waals surface area contributed by atoms with Gasteiger partial charge in [-0.05, 0) is 92.2 Å². The molecule has 3 rings (SSSR count). The van der Waals surface area contributed by atoms with E-state index in [1.165, 1.54) is 18.1 Å². The second-order valence-corrected chi connectivity index (χ2v) is 8.96. The lowest BCUT2D eigenvalue weighted by Gasteiger charge is -2.27. The molecule has 1 saturated heterocycles. The molecule has 1 fully saturated rings. The first-order chi connectivity index (χ1) is 14.8. The van der Waals surface area contributed by atoms with Gasteiger partial charge in [-0.25, -0.2) is 0 Å². The summed E-state index contributed by atoms with van der Waals surface area (Å²) >= 11 is 10.8. The van der Waals surface area contributed by atoms with E-state index in [-0.39, 0.29) is 17.2 Å². The van der Waals surface area contributed by atoms with E-state index in [2.05, 4.69) is 50.4 Å². The van der Waals surface area contributed by atoms with Crippen molar-refractivity contribution in [3.05, 3.63) is 73.8 Å². The number of thiocarbonyl (C=S) groups is 1. The van der Waals surface area contributed by atoms with Crippen LogP contribution in [0.3, 0.4) is 0 Å². The number of benzene rings is 2. The first-order valence-corrected chi connectivity index (χ1v) is 11.4. The van der Waals surface area contributed by atoms with Gasteiger partial charge >= 0.3 is 0 Å². The summed E-state index contributed by atoms with van der Waals surface area (Å²) < 4.78 is 13.2. The highest BCUT2D eigenvalue weighted by Gasteiger charge is 2.32. The largest absolute Gasteiger partial charge is 0.493 e. The molecule has 160 valence electrons. The minimum absolute atomic E-state index is 0.0306. The van der Waals surface area contributed by atoms with Gasteiger partial charge in [-0.1, -0.05) is 18.2 Å². The highest BCUT2D eigenvalue weighted by atomic mass is 127. The molecule has 1 heterocycles. The Morgan fingerprint density at radius 2 is 1.97 bits per heavy atom. The van der Waals surface area contributed by atoms with Crippen LogP contribution >= 0.6 is 50.7 Å². The van der Waals surface area contributed by atoms with Crippen molar-refractivity contribution in [1.29, 1.82) is 0 Å². The number of amides is 2. The summed E-state index contributed by atoms with van der Waals surface area (Å²) in [7, 11) is 1.53. The molecule has 1 aliphatic heterocycles. The van der Waals surface area contributed by atoms with Crippen LogP contribution in [0.1, 0.15) is 11.1 Å². The number of nitrogens with one attached hydrogen (secondary N) is 1. The fourth-order valence-electron chi connectivity index (χ4n) is 2.85. The molecule has 2 amide bonds. The van der Waals surface area contributed by atoms with E-state index in [0.29, 0.717) is 28.1 Å². The van der Waals surface area contributed by atoms with Crippen LogP contribution in [0.4, 0.5) is 0 Å². The van der Waals surface area contributed by atoms with Gasteiger partial charge in [0.25, 0.3) is 11.8 Å². The van der Waals surface area contributed by atoms with Crippen molar-refractivity contribution >= 4 is 73.7 Å². The Balaban J connectivity index is 1.88. The number of halogens is 2. The number of hydrogen-bond donors (Lipinski definition) is 1. The number of nitrogens with zero attached hydrogens (tertiary/aromatic N) is 1. The average Bonchev–Trinajstić information content (AvgIpc) is 2.74. The van der Waals surface area contributed by atoms with E-state index in [1.54, 1.807) is 18.2 Å². The second kappa shape index (κ2) is 10.4. The van der Waals surface area contributed by atoms with Crippen LogP contribution < -0.4 is 14.8 Å². The topological polar surface area (TPSA) is 67.9 Å².